The minimum Gasteiger partial charge on any atom is -0.481 e. The zero-order valence-corrected chi connectivity index (χ0v) is 14.1. The maximum Gasteiger partial charge on any atom is 0.305 e. The summed E-state index contributed by atoms with van der Waals surface area (Å²) < 4.78 is 31.3. The highest BCUT2D eigenvalue weighted by atomic mass is 32.2. The van der Waals surface area contributed by atoms with Gasteiger partial charge in [0.1, 0.15) is 0 Å². The number of hydrogen-bond acceptors (Lipinski definition) is 5. The number of benzene rings is 1. The fourth-order valence-corrected chi connectivity index (χ4v) is 3.59. The Labute approximate surface area is 140 Å². The van der Waals surface area contributed by atoms with Gasteiger partial charge in [-0.1, -0.05) is 6.92 Å². The van der Waals surface area contributed by atoms with Gasteiger partial charge >= 0.3 is 5.97 Å². The van der Waals surface area contributed by atoms with Crippen LogP contribution in [0.3, 0.4) is 0 Å². The Kier molecular flexibility index (Phi) is 5.58. The fraction of sp³-hybridized carbons (Fsp3) is 0.467. The van der Waals surface area contributed by atoms with Crippen LogP contribution in [0.5, 0.6) is 0 Å². The molecule has 24 heavy (non-hydrogen) atoms. The molecule has 1 aromatic rings. The van der Waals surface area contributed by atoms with Crippen LogP contribution in [0.15, 0.2) is 29.2 Å². The molecule has 1 fully saturated rings. The minimum atomic E-state index is -3.58. The van der Waals surface area contributed by atoms with Crippen LogP contribution < -0.4 is 10.0 Å². The number of hydrogen-bond donors (Lipinski definition) is 3. The van der Waals surface area contributed by atoms with E-state index in [4.69, 9.17) is 9.84 Å². The molecule has 1 atom stereocenters. The first-order chi connectivity index (χ1) is 11.3. The van der Waals surface area contributed by atoms with Gasteiger partial charge in [-0.15, -0.1) is 0 Å². The van der Waals surface area contributed by atoms with E-state index in [2.05, 4.69) is 10.0 Å². The Morgan fingerprint density at radius 1 is 1.29 bits per heavy atom. The summed E-state index contributed by atoms with van der Waals surface area (Å²) in [5.41, 5.74) is -0.681. The lowest BCUT2D eigenvalue weighted by atomic mass is 9.94. The van der Waals surface area contributed by atoms with E-state index in [0.29, 0.717) is 13.0 Å². The first-order valence-electron chi connectivity index (χ1n) is 7.50. The van der Waals surface area contributed by atoms with Gasteiger partial charge in [0.25, 0.3) is 5.91 Å². The maximum absolute atomic E-state index is 12.3. The van der Waals surface area contributed by atoms with Crippen molar-refractivity contribution >= 4 is 21.9 Å². The van der Waals surface area contributed by atoms with Crippen LogP contribution in [0.4, 0.5) is 0 Å². The summed E-state index contributed by atoms with van der Waals surface area (Å²) >= 11 is 0. The number of carbonyl (C=O) groups excluding carboxylic acids is 1. The second-order valence-corrected chi connectivity index (χ2v) is 7.40. The van der Waals surface area contributed by atoms with Crippen molar-refractivity contribution in [1.29, 1.82) is 0 Å². The van der Waals surface area contributed by atoms with Crippen molar-refractivity contribution in [3.05, 3.63) is 29.8 Å². The summed E-state index contributed by atoms with van der Waals surface area (Å²) in [5.74, 6) is -1.48. The third-order valence-electron chi connectivity index (χ3n) is 3.73. The van der Waals surface area contributed by atoms with Crippen LogP contribution >= 0.6 is 0 Å². The molecule has 0 aliphatic carbocycles. The van der Waals surface area contributed by atoms with Crippen molar-refractivity contribution in [2.75, 3.05) is 19.8 Å². The van der Waals surface area contributed by atoms with Gasteiger partial charge in [0, 0.05) is 18.7 Å². The number of aliphatic carboxylic acids is 1. The first kappa shape index (κ1) is 18.4. The Morgan fingerprint density at radius 3 is 2.46 bits per heavy atom. The van der Waals surface area contributed by atoms with Gasteiger partial charge in [0.05, 0.1) is 23.5 Å². The summed E-state index contributed by atoms with van der Waals surface area (Å²) in [4.78, 5) is 23.4. The first-order valence-corrected chi connectivity index (χ1v) is 8.98. The van der Waals surface area contributed by atoms with Crippen LogP contribution in [-0.2, 0) is 19.6 Å². The second kappa shape index (κ2) is 7.29. The highest BCUT2D eigenvalue weighted by Crippen LogP contribution is 2.23. The molecule has 0 spiro atoms. The molecule has 0 saturated carbocycles. The molecule has 1 amide bonds. The Bertz CT molecular complexity index is 708. The third kappa shape index (κ3) is 4.31. The monoisotopic (exact) mass is 356 g/mol. The van der Waals surface area contributed by atoms with Crippen LogP contribution in [0.2, 0.25) is 0 Å². The van der Waals surface area contributed by atoms with Gasteiger partial charge in [-0.25, -0.2) is 13.1 Å². The molecule has 0 aromatic heterocycles. The van der Waals surface area contributed by atoms with Crippen molar-refractivity contribution in [1.82, 2.24) is 10.0 Å². The maximum atomic E-state index is 12.3. The molecule has 0 radical (unpaired) electrons. The summed E-state index contributed by atoms with van der Waals surface area (Å²) in [6.45, 7) is 2.46. The summed E-state index contributed by atoms with van der Waals surface area (Å²) in [6.07, 6.45) is 0.184. The lowest BCUT2D eigenvalue weighted by Crippen LogP contribution is -2.50. The fourth-order valence-electron chi connectivity index (χ4n) is 2.55. The highest BCUT2D eigenvalue weighted by Gasteiger charge is 2.38. The van der Waals surface area contributed by atoms with Crippen LogP contribution in [-0.4, -0.2) is 50.7 Å². The van der Waals surface area contributed by atoms with Gasteiger partial charge in [-0.05, 0) is 30.7 Å². The molecule has 8 nitrogen and oxygen atoms in total. The van der Waals surface area contributed by atoms with Gasteiger partial charge in [-0.3, -0.25) is 9.59 Å². The van der Waals surface area contributed by atoms with Crippen LogP contribution in [0, 0.1) is 0 Å². The topological polar surface area (TPSA) is 122 Å². The lowest BCUT2D eigenvalue weighted by Gasteiger charge is -2.27. The largest absolute Gasteiger partial charge is 0.481 e. The average molecular weight is 356 g/mol. The number of carbonyl (C=O) groups is 2. The molecule has 132 valence electrons. The quantitative estimate of drug-likeness (QED) is 0.648. The van der Waals surface area contributed by atoms with Crippen molar-refractivity contribution in [2.24, 2.45) is 0 Å². The molecule has 1 aliphatic heterocycles. The van der Waals surface area contributed by atoms with Gasteiger partial charge < -0.3 is 15.2 Å². The summed E-state index contributed by atoms with van der Waals surface area (Å²) in [6, 6.07) is 5.46. The number of carboxylic acids is 1. The number of nitrogens with one attached hydrogen (secondary N) is 2. The average Bonchev–Trinajstić information content (AvgIpc) is 2.94. The van der Waals surface area contributed by atoms with E-state index < -0.39 is 27.4 Å². The molecule has 1 saturated heterocycles. The van der Waals surface area contributed by atoms with Crippen molar-refractivity contribution in [3.63, 3.8) is 0 Å². The van der Waals surface area contributed by atoms with Gasteiger partial charge in [0.15, 0.2) is 0 Å². The van der Waals surface area contributed by atoms with E-state index in [1.54, 1.807) is 6.92 Å². The van der Waals surface area contributed by atoms with Crippen molar-refractivity contribution in [2.45, 2.75) is 30.2 Å². The molecule has 1 aromatic carbocycles. The standard InChI is InChI=1S/C15H20N2O6S/c1-2-16-24(21,22)12-5-3-11(4-6-12)14(20)17-15(9-13(18)19)7-8-23-10-15/h3-6,16H,2,7-10H2,1H3,(H,17,20)(H,18,19). The highest BCUT2D eigenvalue weighted by molar-refractivity contribution is 7.89. The van der Waals surface area contributed by atoms with Gasteiger partial charge in [-0.2, -0.15) is 0 Å². The zero-order valence-electron chi connectivity index (χ0n) is 13.2. The molecule has 1 unspecified atom stereocenters. The van der Waals surface area contributed by atoms with E-state index in [1.165, 1.54) is 24.3 Å². The van der Waals surface area contributed by atoms with Crippen molar-refractivity contribution in [3.8, 4) is 0 Å². The number of carboxylic acid groups (broad SMARTS) is 1. The zero-order chi connectivity index (χ0) is 17.8. The SMILES string of the molecule is CCNS(=O)(=O)c1ccc(C(=O)NC2(CC(=O)O)CCOC2)cc1. The van der Waals surface area contributed by atoms with Gasteiger partial charge in [0.2, 0.25) is 10.0 Å². The molecular formula is C15H20N2O6S. The minimum absolute atomic E-state index is 0.0605. The number of sulfonamides is 1. The summed E-state index contributed by atoms with van der Waals surface area (Å²) in [5, 5.41) is 11.7. The summed E-state index contributed by atoms with van der Waals surface area (Å²) in [7, 11) is -3.58. The molecule has 0 bridgehead atoms. The molecule has 1 aliphatic rings. The molecule has 9 heteroatoms. The molecular weight excluding hydrogens is 336 g/mol. The number of rotatable bonds is 7. The van der Waals surface area contributed by atoms with Crippen LogP contribution in [0.1, 0.15) is 30.1 Å². The molecule has 1 heterocycles. The number of amides is 1. The van der Waals surface area contributed by atoms with E-state index in [1.807, 2.05) is 0 Å². The van der Waals surface area contributed by atoms with Crippen molar-refractivity contribution < 1.29 is 27.9 Å². The second-order valence-electron chi connectivity index (χ2n) is 5.63. The Morgan fingerprint density at radius 2 is 1.96 bits per heavy atom. The predicted molar refractivity (Wildman–Crippen MR) is 85.2 cm³/mol. The predicted octanol–water partition coefficient (Wildman–Crippen LogP) is 0.348. The lowest BCUT2D eigenvalue weighted by molar-refractivity contribution is -0.138. The molecule has 3 N–H and O–H groups in total. The smallest absolute Gasteiger partial charge is 0.305 e. The van der Waals surface area contributed by atoms with Crippen LogP contribution in [0.25, 0.3) is 0 Å². The van der Waals surface area contributed by atoms with E-state index >= 15 is 0 Å². The molecule has 2 rings (SSSR count). The van der Waals surface area contributed by atoms with E-state index in [0.717, 1.165) is 0 Å². The number of ether oxygens (including phenoxy) is 1. The normalized spacial score (nSPS) is 20.7. The van der Waals surface area contributed by atoms with E-state index in [9.17, 15) is 18.0 Å². The van der Waals surface area contributed by atoms with E-state index in [-0.39, 0.29) is 30.0 Å². The Hall–Kier alpha value is -1.97. The third-order valence-corrected chi connectivity index (χ3v) is 5.29. The Balaban J connectivity index is 2.14.